The summed E-state index contributed by atoms with van der Waals surface area (Å²) in [6.45, 7) is 5.16. The maximum atomic E-state index is 12.9. The van der Waals surface area contributed by atoms with E-state index in [9.17, 15) is 9.59 Å². The SMILES string of the molecule is Cl.N[C@@H]1C2CCN(CC2)C12CC2.O=C(C[C@@H]1C2CCN(CC2)C12CC2)c1cnn2ncccc12.O=C(O)c1cnn2ncccc12. The van der Waals surface area contributed by atoms with Crippen molar-refractivity contribution in [1.82, 2.24) is 39.5 Å². The maximum absolute atomic E-state index is 12.9. The van der Waals surface area contributed by atoms with Gasteiger partial charge in [-0.2, -0.15) is 29.7 Å². The molecule has 4 bridgehead atoms. The van der Waals surface area contributed by atoms with Gasteiger partial charge in [0.25, 0.3) is 0 Å². The molecule has 3 N–H and O–H groups in total. The van der Waals surface area contributed by atoms with E-state index in [1.165, 1.54) is 88.4 Å². The van der Waals surface area contributed by atoms with E-state index in [2.05, 4.69) is 30.2 Å². The molecule has 2 atom stereocenters. The third-order valence-corrected chi connectivity index (χ3v) is 11.8. The third kappa shape index (κ3) is 5.19. The summed E-state index contributed by atoms with van der Waals surface area (Å²) in [5.74, 6) is 1.42. The first-order valence-electron chi connectivity index (χ1n) is 16.5. The molecule has 2 spiro atoms. The van der Waals surface area contributed by atoms with Gasteiger partial charge in [-0.15, -0.1) is 12.4 Å². The number of Topliss-reactive ketones (excluding diaryl/α,β-unsaturated/α-hetero) is 1. The van der Waals surface area contributed by atoms with Crippen LogP contribution in [0.15, 0.2) is 49.1 Å². The summed E-state index contributed by atoms with van der Waals surface area (Å²) < 4.78 is 2.83. The number of ketones is 1. The fourth-order valence-corrected chi connectivity index (χ4v) is 9.08. The molecular weight excluding hydrogens is 606 g/mol. The van der Waals surface area contributed by atoms with E-state index in [4.69, 9.17) is 10.8 Å². The lowest BCUT2D eigenvalue weighted by Gasteiger charge is -2.52. The molecule has 6 saturated heterocycles. The van der Waals surface area contributed by atoms with Crippen molar-refractivity contribution in [3.8, 4) is 0 Å². The molecule has 8 aliphatic rings. The van der Waals surface area contributed by atoms with Crippen LogP contribution in [0.2, 0.25) is 0 Å². The summed E-state index contributed by atoms with van der Waals surface area (Å²) >= 11 is 0. The van der Waals surface area contributed by atoms with Crippen molar-refractivity contribution in [3.63, 3.8) is 0 Å². The van der Waals surface area contributed by atoms with Crippen LogP contribution in [0.3, 0.4) is 0 Å². The molecule has 2 aliphatic carbocycles. The molecule has 12 nitrogen and oxygen atoms in total. The van der Waals surface area contributed by atoms with Gasteiger partial charge in [-0.05, 0) is 120 Å². The predicted octanol–water partition coefficient (Wildman–Crippen LogP) is 3.60. The van der Waals surface area contributed by atoms with Gasteiger partial charge in [0.15, 0.2) is 5.78 Å². The number of hydrogen-bond acceptors (Lipinski definition) is 9. The van der Waals surface area contributed by atoms with Gasteiger partial charge in [-0.1, -0.05) is 0 Å². The summed E-state index contributed by atoms with van der Waals surface area (Å²) in [4.78, 5) is 28.8. The number of rotatable bonds is 4. The molecule has 244 valence electrons. The fourth-order valence-electron chi connectivity index (χ4n) is 9.08. The van der Waals surface area contributed by atoms with E-state index < -0.39 is 5.97 Å². The standard InChI is InChI=1S/C17H20N4O.C9H16N2.C7H5N3O2.ClH/c22-16(13-11-19-21-15(13)2-1-7-18-21)10-14-12-3-8-20(9-4-12)17(14)5-6-17;10-8-7-1-5-11(6-2-7)9(8)3-4-9;11-7(12)5-4-9-10-6(5)2-1-3-8-10;/h1-2,7,11-12,14H,3-6,8-10H2;7-8H,1-6,10H2;1-4H,(H,11,12);1H/t14-;8-;;/m11../s1. The van der Waals surface area contributed by atoms with Gasteiger partial charge >= 0.3 is 5.97 Å². The molecule has 10 heterocycles. The van der Waals surface area contributed by atoms with Crippen LogP contribution in [-0.4, -0.2) is 99.6 Å². The van der Waals surface area contributed by atoms with Gasteiger partial charge in [0.1, 0.15) is 11.1 Å². The zero-order valence-corrected chi connectivity index (χ0v) is 26.8. The molecule has 8 fully saturated rings. The zero-order chi connectivity index (χ0) is 30.8. The Hall–Kier alpha value is -3.45. The van der Waals surface area contributed by atoms with Crippen molar-refractivity contribution in [2.45, 2.75) is 74.9 Å². The number of piperidine rings is 6. The average molecular weight is 648 g/mol. The lowest BCUT2D eigenvalue weighted by atomic mass is 9.69. The second-order valence-corrected chi connectivity index (χ2v) is 13.8. The van der Waals surface area contributed by atoms with Crippen LogP contribution in [0.1, 0.15) is 78.5 Å². The minimum Gasteiger partial charge on any atom is -0.478 e. The smallest absolute Gasteiger partial charge is 0.339 e. The number of aromatic carboxylic acids is 1. The summed E-state index contributed by atoms with van der Waals surface area (Å²) in [5.41, 5.74) is 9.35. The molecule has 0 amide bonds. The lowest BCUT2D eigenvalue weighted by Crippen LogP contribution is -2.63. The topological polar surface area (TPSA) is 147 Å². The monoisotopic (exact) mass is 647 g/mol. The molecule has 13 heteroatoms. The highest BCUT2D eigenvalue weighted by molar-refractivity contribution is 6.02. The number of nitrogens with zero attached hydrogens (tertiary/aromatic N) is 8. The summed E-state index contributed by atoms with van der Waals surface area (Å²) in [6, 6.07) is 7.64. The summed E-state index contributed by atoms with van der Waals surface area (Å²) in [7, 11) is 0. The van der Waals surface area contributed by atoms with Crippen LogP contribution < -0.4 is 5.73 Å². The number of fused-ring (bicyclic) bond motifs is 6. The molecule has 12 rings (SSSR count). The Balaban J connectivity index is 0.000000119. The maximum Gasteiger partial charge on any atom is 0.339 e. The largest absolute Gasteiger partial charge is 0.478 e. The first-order valence-corrected chi connectivity index (χ1v) is 16.5. The van der Waals surface area contributed by atoms with Crippen molar-refractivity contribution in [3.05, 3.63) is 60.2 Å². The number of nitrogens with two attached hydrogens (primary N) is 1. The first kappa shape index (κ1) is 31.2. The van der Waals surface area contributed by atoms with Crippen LogP contribution in [0, 0.1) is 17.8 Å². The molecule has 6 aliphatic heterocycles. The third-order valence-electron chi connectivity index (χ3n) is 11.8. The number of carbonyl (C=O) groups excluding carboxylic acids is 1. The van der Waals surface area contributed by atoms with E-state index in [1.807, 2.05) is 12.1 Å². The van der Waals surface area contributed by atoms with Gasteiger partial charge in [-0.3, -0.25) is 14.6 Å². The van der Waals surface area contributed by atoms with Crippen molar-refractivity contribution >= 4 is 35.2 Å². The van der Waals surface area contributed by atoms with Crippen molar-refractivity contribution in [2.24, 2.45) is 23.5 Å². The molecular formula is C33H42ClN9O3. The Bertz CT molecular complexity index is 1730. The van der Waals surface area contributed by atoms with E-state index in [-0.39, 0.29) is 23.8 Å². The van der Waals surface area contributed by atoms with Crippen LogP contribution in [0.5, 0.6) is 0 Å². The first-order chi connectivity index (χ1) is 21.9. The summed E-state index contributed by atoms with van der Waals surface area (Å²) in [5, 5.41) is 24.6. The zero-order valence-electron chi connectivity index (χ0n) is 25.9. The second-order valence-electron chi connectivity index (χ2n) is 13.8. The van der Waals surface area contributed by atoms with Gasteiger partial charge in [0, 0.05) is 35.9 Å². The number of carboxylic acids is 1. The average Bonchev–Trinajstić information content (AvgIpc) is 3.95. The van der Waals surface area contributed by atoms with Crippen molar-refractivity contribution in [2.75, 3.05) is 26.2 Å². The highest BCUT2D eigenvalue weighted by Gasteiger charge is 2.60. The van der Waals surface area contributed by atoms with Crippen LogP contribution in [0.25, 0.3) is 11.0 Å². The van der Waals surface area contributed by atoms with Crippen LogP contribution in [0.4, 0.5) is 0 Å². The van der Waals surface area contributed by atoms with E-state index in [0.717, 1.165) is 22.9 Å². The van der Waals surface area contributed by atoms with E-state index in [1.54, 1.807) is 35.4 Å². The number of carboxylic acid groups (broad SMARTS) is 1. The van der Waals surface area contributed by atoms with Gasteiger partial charge < -0.3 is 10.8 Å². The van der Waals surface area contributed by atoms with E-state index >= 15 is 0 Å². The van der Waals surface area contributed by atoms with Gasteiger partial charge in [0.2, 0.25) is 0 Å². The van der Waals surface area contributed by atoms with Crippen molar-refractivity contribution < 1.29 is 14.7 Å². The lowest BCUT2D eigenvalue weighted by molar-refractivity contribution is -0.0273. The summed E-state index contributed by atoms with van der Waals surface area (Å²) in [6.07, 6.45) is 17.5. The minimum atomic E-state index is -0.988. The molecule has 46 heavy (non-hydrogen) atoms. The Morgan fingerprint density at radius 3 is 1.76 bits per heavy atom. The normalized spacial score (nSPS) is 30.2. The van der Waals surface area contributed by atoms with Crippen molar-refractivity contribution in [1.29, 1.82) is 0 Å². The van der Waals surface area contributed by atoms with Gasteiger partial charge in [0.05, 0.1) is 23.5 Å². The Morgan fingerprint density at radius 2 is 1.26 bits per heavy atom. The van der Waals surface area contributed by atoms with Crippen LogP contribution in [-0.2, 0) is 0 Å². The Labute approximate surface area is 273 Å². The van der Waals surface area contributed by atoms with E-state index in [0.29, 0.717) is 35.0 Å². The molecule has 0 aromatic carbocycles. The minimum absolute atomic E-state index is 0. The molecule has 2 saturated carbocycles. The highest BCUT2D eigenvalue weighted by Crippen LogP contribution is 2.58. The quantitative estimate of drug-likeness (QED) is 0.315. The number of aromatic nitrogens is 6. The molecule has 4 aromatic rings. The predicted molar refractivity (Wildman–Crippen MR) is 173 cm³/mol. The molecule has 4 aromatic heterocycles. The Kier molecular flexibility index (Phi) is 8.11. The highest BCUT2D eigenvalue weighted by atomic mass is 35.5. The van der Waals surface area contributed by atoms with Gasteiger partial charge in [-0.25, -0.2) is 4.79 Å². The second kappa shape index (κ2) is 12.0. The van der Waals surface area contributed by atoms with Crippen LogP contribution >= 0.6 is 12.4 Å². The Morgan fingerprint density at radius 1 is 0.761 bits per heavy atom. The number of carbonyl (C=O) groups is 2. The fraction of sp³-hybridized carbons (Fsp3) is 0.576. The number of hydrogen-bond donors (Lipinski definition) is 2. The molecule has 0 radical (unpaired) electrons. The number of halogens is 1. The molecule has 0 unspecified atom stereocenters.